The van der Waals surface area contributed by atoms with Gasteiger partial charge in [-0.2, -0.15) is 4.31 Å². The van der Waals surface area contributed by atoms with Gasteiger partial charge in [-0.3, -0.25) is 4.79 Å². The molecule has 3 aromatic rings. The molecule has 2 aromatic heterocycles. The van der Waals surface area contributed by atoms with Crippen LogP contribution in [0.4, 0.5) is 0 Å². The zero-order chi connectivity index (χ0) is 29.0. The second-order valence-electron chi connectivity index (χ2n) is 9.73. The molecule has 3 heterocycles. The molecular weight excluding hydrogens is 538 g/mol. The molecule has 1 aliphatic heterocycles. The zero-order valence-electron chi connectivity index (χ0n) is 23.7. The van der Waals surface area contributed by atoms with E-state index in [2.05, 4.69) is 14.6 Å². The molecule has 13 heteroatoms. The number of carbonyl (C=O) groups excluding carboxylic acids is 1. The highest BCUT2D eigenvalue weighted by Gasteiger charge is 2.29. The van der Waals surface area contributed by atoms with Gasteiger partial charge in [0.1, 0.15) is 17.9 Å². The van der Waals surface area contributed by atoms with Crippen LogP contribution < -0.4 is 10.3 Å². The Balaban J connectivity index is 1.82. The lowest BCUT2D eigenvalue weighted by Crippen LogP contribution is -2.47. The Morgan fingerprint density at radius 2 is 1.88 bits per heavy atom. The number of aromatic nitrogens is 3. The molecule has 0 saturated carbocycles. The van der Waals surface area contributed by atoms with Crippen molar-refractivity contribution >= 4 is 21.5 Å². The molecule has 0 atom stereocenters. The Bertz CT molecular complexity index is 1540. The molecule has 40 heavy (non-hydrogen) atoms. The second-order valence-corrected chi connectivity index (χ2v) is 11.7. The fourth-order valence-electron chi connectivity index (χ4n) is 4.86. The van der Waals surface area contributed by atoms with Gasteiger partial charge in [0.2, 0.25) is 10.0 Å². The number of nitrogens with one attached hydrogen (secondary N) is 1. The van der Waals surface area contributed by atoms with E-state index in [1.807, 2.05) is 27.8 Å². The molecule has 0 unspecified atom stereocenters. The summed E-state index contributed by atoms with van der Waals surface area (Å²) >= 11 is 0. The van der Waals surface area contributed by atoms with E-state index in [1.54, 1.807) is 10.6 Å². The smallest absolute Gasteiger partial charge is 0.331 e. The molecule has 1 saturated heterocycles. The van der Waals surface area contributed by atoms with E-state index in [9.17, 15) is 18.0 Å². The third-order valence-electron chi connectivity index (χ3n) is 7.06. The Kier molecular flexibility index (Phi) is 9.29. The lowest BCUT2D eigenvalue weighted by Gasteiger charge is -2.31. The summed E-state index contributed by atoms with van der Waals surface area (Å²) in [5.41, 5.74) is 2.61. The first-order valence-electron chi connectivity index (χ1n) is 13.4. The summed E-state index contributed by atoms with van der Waals surface area (Å²) in [7, 11) is -0.516. The quantitative estimate of drug-likeness (QED) is 0.341. The Labute approximate surface area is 233 Å². The summed E-state index contributed by atoms with van der Waals surface area (Å²) in [6.07, 6.45) is 1.39. The van der Waals surface area contributed by atoms with Crippen molar-refractivity contribution in [3.63, 3.8) is 0 Å². The minimum Gasteiger partial charge on any atom is -0.493 e. The number of benzene rings is 1. The number of esters is 1. The third kappa shape index (κ3) is 5.92. The molecule has 1 fully saturated rings. The highest BCUT2D eigenvalue weighted by atomic mass is 32.2. The maximum Gasteiger partial charge on any atom is 0.331 e. The number of piperazine rings is 1. The van der Waals surface area contributed by atoms with Gasteiger partial charge in [0.25, 0.3) is 5.56 Å². The lowest BCUT2D eigenvalue weighted by atomic mass is 10.1. The van der Waals surface area contributed by atoms with Gasteiger partial charge in [-0.25, -0.2) is 17.7 Å². The molecular formula is C27H37N5O7S. The van der Waals surface area contributed by atoms with E-state index >= 15 is 0 Å². The van der Waals surface area contributed by atoms with E-state index < -0.39 is 16.0 Å². The van der Waals surface area contributed by atoms with Crippen LogP contribution in [0.2, 0.25) is 0 Å². The summed E-state index contributed by atoms with van der Waals surface area (Å²) in [6.45, 7) is 7.98. The van der Waals surface area contributed by atoms with Crippen molar-refractivity contribution in [3.05, 3.63) is 45.4 Å². The molecule has 0 amide bonds. The summed E-state index contributed by atoms with van der Waals surface area (Å²) in [5, 5.41) is 4.77. The molecule has 12 nitrogen and oxygen atoms in total. The number of aromatic amines is 1. The molecule has 1 N–H and O–H groups in total. The fourth-order valence-corrected chi connectivity index (χ4v) is 6.31. The van der Waals surface area contributed by atoms with Gasteiger partial charge >= 0.3 is 5.97 Å². The fraction of sp³-hybridized carbons (Fsp3) is 0.519. The highest BCUT2D eigenvalue weighted by molar-refractivity contribution is 7.89. The number of hydrogen-bond acceptors (Lipinski definition) is 9. The highest BCUT2D eigenvalue weighted by Crippen LogP contribution is 2.32. The molecule has 0 spiro atoms. The lowest BCUT2D eigenvalue weighted by molar-refractivity contribution is -0.146. The van der Waals surface area contributed by atoms with Crippen LogP contribution in [0.25, 0.3) is 16.9 Å². The number of hydrogen-bond donors (Lipinski definition) is 1. The van der Waals surface area contributed by atoms with Crippen molar-refractivity contribution in [2.45, 2.75) is 45.1 Å². The zero-order valence-corrected chi connectivity index (χ0v) is 24.5. The summed E-state index contributed by atoms with van der Waals surface area (Å²) in [5.74, 6) is 0.0993. The number of rotatable bonds is 11. The van der Waals surface area contributed by atoms with Crippen molar-refractivity contribution in [1.29, 1.82) is 0 Å². The van der Waals surface area contributed by atoms with Crippen molar-refractivity contribution < 1.29 is 27.4 Å². The predicted octanol–water partition coefficient (Wildman–Crippen LogP) is 1.97. The summed E-state index contributed by atoms with van der Waals surface area (Å²) < 4.78 is 46.1. The van der Waals surface area contributed by atoms with Gasteiger partial charge in [-0.1, -0.05) is 13.3 Å². The SMILES string of the molecule is CCCc1c(COCC(=O)OC)c(C)c2c(=O)[nH]c(-c3cc(S(=O)(=O)N4CCN(C)CC4)ccc3OCC)nn12. The molecule has 4 rings (SSSR count). The summed E-state index contributed by atoms with van der Waals surface area (Å²) in [6, 6.07) is 4.64. The minimum atomic E-state index is -3.77. The van der Waals surface area contributed by atoms with E-state index in [0.29, 0.717) is 61.6 Å². The summed E-state index contributed by atoms with van der Waals surface area (Å²) in [4.78, 5) is 30.0. The van der Waals surface area contributed by atoms with E-state index in [4.69, 9.17) is 14.6 Å². The second kappa shape index (κ2) is 12.5. The van der Waals surface area contributed by atoms with Crippen LogP contribution in [0, 0.1) is 6.92 Å². The van der Waals surface area contributed by atoms with Gasteiger partial charge < -0.3 is 24.1 Å². The first-order valence-corrected chi connectivity index (χ1v) is 14.8. The van der Waals surface area contributed by atoms with Crippen LogP contribution in [0.5, 0.6) is 5.75 Å². The molecule has 1 aromatic carbocycles. The van der Waals surface area contributed by atoms with Crippen LogP contribution >= 0.6 is 0 Å². The van der Waals surface area contributed by atoms with Gasteiger partial charge in [0.05, 0.1) is 30.8 Å². The largest absolute Gasteiger partial charge is 0.493 e. The first kappa shape index (κ1) is 29.7. The normalized spacial score (nSPS) is 15.0. The average molecular weight is 576 g/mol. The molecule has 1 aliphatic rings. The standard InChI is InChI=1S/C27H37N5O7S/c1-6-8-22-21(16-38-17-24(33)37-5)18(3)25-27(34)28-26(29-32(22)25)20-15-19(9-10-23(20)39-7-2)40(35,36)31-13-11-30(4)12-14-31/h9-10,15H,6-8,11-14,16-17H2,1-5H3,(H,28,29,34). The Hall–Kier alpha value is -3.26. The predicted molar refractivity (Wildman–Crippen MR) is 149 cm³/mol. The van der Waals surface area contributed by atoms with Gasteiger partial charge in [-0.05, 0) is 51.1 Å². The van der Waals surface area contributed by atoms with Crippen LogP contribution in [-0.4, -0.2) is 91.7 Å². The van der Waals surface area contributed by atoms with Crippen molar-refractivity contribution in [1.82, 2.24) is 23.8 Å². The number of ether oxygens (including phenoxy) is 3. The minimum absolute atomic E-state index is 0.104. The number of aryl methyl sites for hydroxylation is 2. The van der Waals surface area contributed by atoms with Crippen LogP contribution in [-0.2, 0) is 37.3 Å². The molecule has 218 valence electrons. The Morgan fingerprint density at radius 1 is 1.15 bits per heavy atom. The monoisotopic (exact) mass is 575 g/mol. The van der Waals surface area contributed by atoms with Crippen molar-refractivity contribution in [3.8, 4) is 17.1 Å². The van der Waals surface area contributed by atoms with Crippen LogP contribution in [0.1, 0.15) is 37.1 Å². The topological polar surface area (TPSA) is 136 Å². The number of carbonyl (C=O) groups is 1. The van der Waals surface area contributed by atoms with Crippen molar-refractivity contribution in [2.75, 3.05) is 53.6 Å². The molecule has 0 radical (unpaired) electrons. The van der Waals surface area contributed by atoms with Crippen molar-refractivity contribution in [2.24, 2.45) is 0 Å². The number of nitrogens with zero attached hydrogens (tertiary/aromatic N) is 4. The van der Waals surface area contributed by atoms with Crippen LogP contribution in [0.15, 0.2) is 27.9 Å². The van der Waals surface area contributed by atoms with Gasteiger partial charge in [0, 0.05) is 37.4 Å². The maximum absolute atomic E-state index is 13.5. The number of H-pyrrole nitrogens is 1. The van der Waals surface area contributed by atoms with E-state index in [1.165, 1.54) is 23.5 Å². The number of sulfonamides is 1. The van der Waals surface area contributed by atoms with Gasteiger partial charge in [-0.15, -0.1) is 5.10 Å². The number of likely N-dealkylation sites (N-methyl/N-ethyl adjacent to an activating group) is 1. The number of fused-ring (bicyclic) bond motifs is 1. The average Bonchev–Trinajstić information content (AvgIpc) is 3.20. The maximum atomic E-state index is 13.5. The van der Waals surface area contributed by atoms with E-state index in [0.717, 1.165) is 17.7 Å². The molecule has 0 bridgehead atoms. The number of methoxy groups -OCH3 is 1. The van der Waals surface area contributed by atoms with Gasteiger partial charge in [0.15, 0.2) is 5.82 Å². The van der Waals surface area contributed by atoms with E-state index in [-0.39, 0.29) is 29.5 Å². The Morgan fingerprint density at radius 3 is 2.52 bits per heavy atom. The first-order chi connectivity index (χ1) is 19.1. The molecule has 0 aliphatic carbocycles. The van der Waals surface area contributed by atoms with Crippen LogP contribution in [0.3, 0.4) is 0 Å². The third-order valence-corrected chi connectivity index (χ3v) is 8.95.